The molecule has 0 heterocycles. The van der Waals surface area contributed by atoms with Gasteiger partial charge in [0.05, 0.1) is 5.02 Å². The van der Waals surface area contributed by atoms with Gasteiger partial charge in [0, 0.05) is 6.08 Å². The second-order valence-corrected chi connectivity index (χ2v) is 4.35. The quantitative estimate of drug-likeness (QED) is 0.477. The van der Waals surface area contributed by atoms with E-state index in [1.54, 1.807) is 30.3 Å². The first-order chi connectivity index (χ1) is 9.25. The summed E-state index contributed by atoms with van der Waals surface area (Å²) in [5.41, 5.74) is 1.14. The number of ether oxygens (including phenoxy) is 1. The van der Waals surface area contributed by atoms with Gasteiger partial charge in [0.15, 0.2) is 0 Å². The van der Waals surface area contributed by atoms with Crippen molar-refractivity contribution < 1.29 is 9.53 Å². The predicted molar refractivity (Wildman–Crippen MR) is 76.4 cm³/mol. The number of benzene rings is 2. The van der Waals surface area contributed by atoms with Crippen LogP contribution in [0.1, 0.15) is 5.56 Å². The molecule has 0 aliphatic heterocycles. The van der Waals surface area contributed by atoms with Crippen LogP contribution < -0.4 is 4.74 Å². The van der Waals surface area contributed by atoms with Gasteiger partial charge in [0.25, 0.3) is 0 Å². The van der Waals surface area contributed by atoms with E-state index in [1.165, 1.54) is 6.08 Å². The minimum absolute atomic E-state index is 0.374. The van der Waals surface area contributed by atoms with Crippen molar-refractivity contribution in [2.45, 2.75) is 6.42 Å². The summed E-state index contributed by atoms with van der Waals surface area (Å²) in [7, 11) is 0. The maximum Gasteiger partial charge on any atom is 0.335 e. The van der Waals surface area contributed by atoms with Gasteiger partial charge in [-0.25, -0.2) is 4.79 Å². The van der Waals surface area contributed by atoms with Crippen molar-refractivity contribution in [3.05, 3.63) is 77.3 Å². The van der Waals surface area contributed by atoms with Gasteiger partial charge in [0.1, 0.15) is 5.75 Å². The van der Waals surface area contributed by atoms with Gasteiger partial charge in [-0.1, -0.05) is 60.1 Å². The summed E-state index contributed by atoms with van der Waals surface area (Å²) in [4.78, 5) is 11.6. The van der Waals surface area contributed by atoms with E-state index in [0.717, 1.165) is 5.56 Å². The molecule has 96 valence electrons. The zero-order chi connectivity index (χ0) is 13.5. The van der Waals surface area contributed by atoms with E-state index in [4.69, 9.17) is 16.3 Å². The maximum absolute atomic E-state index is 11.6. The summed E-state index contributed by atoms with van der Waals surface area (Å²) in [6.45, 7) is 0. The Morgan fingerprint density at radius 2 is 1.74 bits per heavy atom. The minimum atomic E-state index is -0.427. The van der Waals surface area contributed by atoms with Gasteiger partial charge >= 0.3 is 5.97 Å². The minimum Gasteiger partial charge on any atom is -0.422 e. The Morgan fingerprint density at radius 3 is 2.47 bits per heavy atom. The van der Waals surface area contributed by atoms with Crippen molar-refractivity contribution in [1.82, 2.24) is 0 Å². The Morgan fingerprint density at radius 1 is 1.05 bits per heavy atom. The monoisotopic (exact) mass is 272 g/mol. The van der Waals surface area contributed by atoms with Crippen LogP contribution >= 0.6 is 11.6 Å². The lowest BCUT2D eigenvalue weighted by molar-refractivity contribution is -0.129. The fourth-order valence-corrected chi connectivity index (χ4v) is 1.75. The summed E-state index contributed by atoms with van der Waals surface area (Å²) in [5.74, 6) is -0.0532. The molecule has 0 bridgehead atoms. The molecular formula is C16H13ClO2. The van der Waals surface area contributed by atoms with E-state index in [9.17, 15) is 4.79 Å². The van der Waals surface area contributed by atoms with Gasteiger partial charge in [-0.2, -0.15) is 0 Å². The third-order valence-corrected chi connectivity index (χ3v) is 2.81. The highest BCUT2D eigenvalue weighted by Crippen LogP contribution is 2.23. The number of hydrogen-bond acceptors (Lipinski definition) is 2. The third kappa shape index (κ3) is 4.27. The van der Waals surface area contributed by atoms with Crippen LogP contribution in [0.3, 0.4) is 0 Å². The molecule has 0 aromatic heterocycles. The zero-order valence-corrected chi connectivity index (χ0v) is 11.0. The first kappa shape index (κ1) is 13.4. The summed E-state index contributed by atoms with van der Waals surface area (Å²) < 4.78 is 5.13. The number of rotatable bonds is 4. The number of carbonyl (C=O) groups is 1. The smallest absolute Gasteiger partial charge is 0.335 e. The molecule has 0 spiro atoms. The Kier molecular flexibility index (Phi) is 4.76. The molecule has 0 atom stereocenters. The van der Waals surface area contributed by atoms with Gasteiger partial charge in [-0.3, -0.25) is 0 Å². The molecule has 0 aliphatic carbocycles. The van der Waals surface area contributed by atoms with E-state index in [-0.39, 0.29) is 0 Å². The normalized spacial score (nSPS) is 10.6. The molecule has 0 amide bonds. The highest BCUT2D eigenvalue weighted by Gasteiger charge is 2.03. The molecule has 2 aromatic carbocycles. The fraction of sp³-hybridized carbons (Fsp3) is 0.0625. The third-order valence-electron chi connectivity index (χ3n) is 2.50. The van der Waals surface area contributed by atoms with E-state index >= 15 is 0 Å². The molecule has 0 N–H and O–H groups in total. The Bertz CT molecular complexity index is 576. The standard InChI is InChI=1S/C16H13ClO2/c17-14-10-4-5-11-15(14)19-16(18)12-6-9-13-7-2-1-3-8-13/h1-8,10-12H,9H2/b12-6-. The molecule has 0 aliphatic rings. The van der Waals surface area contributed by atoms with Crippen LogP contribution in [0, 0.1) is 0 Å². The molecule has 19 heavy (non-hydrogen) atoms. The maximum atomic E-state index is 11.6. The summed E-state index contributed by atoms with van der Waals surface area (Å²) in [6.07, 6.45) is 3.88. The van der Waals surface area contributed by atoms with Crippen molar-refractivity contribution >= 4 is 17.6 Å². The van der Waals surface area contributed by atoms with E-state index < -0.39 is 5.97 Å². The first-order valence-electron chi connectivity index (χ1n) is 5.92. The lowest BCUT2D eigenvalue weighted by Gasteiger charge is -2.02. The Hall–Kier alpha value is -2.06. The molecule has 0 saturated heterocycles. The van der Waals surface area contributed by atoms with Gasteiger partial charge in [0.2, 0.25) is 0 Å². The SMILES string of the molecule is O=C(/C=C\Cc1ccccc1)Oc1ccccc1Cl. The predicted octanol–water partition coefficient (Wildman–Crippen LogP) is 4.04. The molecule has 0 radical (unpaired) electrons. The summed E-state index contributed by atoms with van der Waals surface area (Å²) in [6, 6.07) is 16.8. The van der Waals surface area contributed by atoms with E-state index in [2.05, 4.69) is 0 Å². The van der Waals surface area contributed by atoms with Crippen LogP contribution in [-0.2, 0) is 11.2 Å². The average molecular weight is 273 g/mol. The largest absolute Gasteiger partial charge is 0.422 e. The lowest BCUT2D eigenvalue weighted by Crippen LogP contribution is -2.04. The number of halogens is 1. The molecular weight excluding hydrogens is 260 g/mol. The Labute approximate surface area is 117 Å². The van der Waals surface area contributed by atoms with Crippen molar-refractivity contribution in [1.29, 1.82) is 0 Å². The second kappa shape index (κ2) is 6.76. The number of carbonyl (C=O) groups excluding carboxylic acids is 1. The van der Waals surface area contributed by atoms with E-state index in [0.29, 0.717) is 17.2 Å². The number of allylic oxidation sites excluding steroid dienone is 1. The second-order valence-electron chi connectivity index (χ2n) is 3.94. The number of esters is 1. The molecule has 2 rings (SSSR count). The van der Waals surface area contributed by atoms with Gasteiger partial charge in [-0.05, 0) is 24.1 Å². The van der Waals surface area contributed by atoms with E-state index in [1.807, 2.05) is 30.3 Å². The van der Waals surface area contributed by atoms with Crippen molar-refractivity contribution in [3.8, 4) is 5.75 Å². The number of hydrogen-bond donors (Lipinski definition) is 0. The van der Waals surface area contributed by atoms with Gasteiger partial charge in [-0.15, -0.1) is 0 Å². The fourth-order valence-electron chi connectivity index (χ4n) is 1.58. The van der Waals surface area contributed by atoms with Crippen molar-refractivity contribution in [3.63, 3.8) is 0 Å². The zero-order valence-electron chi connectivity index (χ0n) is 10.3. The molecule has 0 fully saturated rings. The average Bonchev–Trinajstić information content (AvgIpc) is 2.43. The first-order valence-corrected chi connectivity index (χ1v) is 6.30. The van der Waals surface area contributed by atoms with Crippen LogP contribution in [0.5, 0.6) is 5.75 Å². The molecule has 0 unspecified atom stereocenters. The summed E-state index contributed by atoms with van der Waals surface area (Å²) in [5, 5.41) is 0.423. The lowest BCUT2D eigenvalue weighted by atomic mass is 10.1. The highest BCUT2D eigenvalue weighted by molar-refractivity contribution is 6.32. The van der Waals surface area contributed by atoms with Crippen molar-refractivity contribution in [2.24, 2.45) is 0 Å². The molecule has 3 heteroatoms. The topological polar surface area (TPSA) is 26.3 Å². The molecule has 2 aromatic rings. The highest BCUT2D eigenvalue weighted by atomic mass is 35.5. The Balaban J connectivity index is 1.90. The van der Waals surface area contributed by atoms with Crippen LogP contribution in [0.4, 0.5) is 0 Å². The van der Waals surface area contributed by atoms with Crippen molar-refractivity contribution in [2.75, 3.05) is 0 Å². The van der Waals surface area contributed by atoms with Gasteiger partial charge < -0.3 is 4.74 Å². The molecule has 0 saturated carbocycles. The van der Waals surface area contributed by atoms with Crippen LogP contribution in [0.2, 0.25) is 5.02 Å². The van der Waals surface area contributed by atoms with Crippen LogP contribution in [-0.4, -0.2) is 5.97 Å². The summed E-state index contributed by atoms with van der Waals surface area (Å²) >= 11 is 5.90. The number of para-hydroxylation sites is 1. The van der Waals surface area contributed by atoms with Crippen LogP contribution in [0.15, 0.2) is 66.7 Å². The van der Waals surface area contributed by atoms with Crippen LogP contribution in [0.25, 0.3) is 0 Å². The molecule has 2 nitrogen and oxygen atoms in total.